The lowest BCUT2D eigenvalue weighted by Crippen LogP contribution is -2.46. The number of fused-ring (bicyclic) bond motifs is 1. The number of carbonyl (C=O) groups is 1. The molecule has 7 nitrogen and oxygen atoms in total. The van der Waals surface area contributed by atoms with Gasteiger partial charge in [0.1, 0.15) is 24.9 Å². The van der Waals surface area contributed by atoms with Gasteiger partial charge in [0.25, 0.3) is 0 Å². The topological polar surface area (TPSA) is 94.8 Å². The molecule has 1 aromatic rings. The minimum Gasteiger partial charge on any atom is -0.370 e. The SMILES string of the molecule is Cc1cc(C)cc(NC(=S)N[C@@H]2CO[C@@H]3[C@@H]2OC[C@H]3OCC(N)=O)c1. The molecule has 2 heterocycles. The second-order valence-corrected chi connectivity index (χ2v) is 6.90. The Kier molecular flexibility index (Phi) is 5.53. The van der Waals surface area contributed by atoms with E-state index in [2.05, 4.69) is 16.7 Å². The lowest BCUT2D eigenvalue weighted by Gasteiger charge is -2.20. The van der Waals surface area contributed by atoms with Crippen molar-refractivity contribution in [3.05, 3.63) is 29.3 Å². The number of benzene rings is 1. The summed E-state index contributed by atoms with van der Waals surface area (Å²) in [7, 11) is 0. The number of anilines is 1. The molecule has 2 aliphatic heterocycles. The van der Waals surface area contributed by atoms with Crippen molar-refractivity contribution in [3.8, 4) is 0 Å². The highest BCUT2D eigenvalue weighted by Gasteiger charge is 2.48. The third-order valence-electron chi connectivity index (χ3n) is 4.24. The number of aryl methyl sites for hydroxylation is 2. The van der Waals surface area contributed by atoms with Crippen molar-refractivity contribution in [2.45, 2.75) is 38.2 Å². The molecule has 3 rings (SSSR count). The summed E-state index contributed by atoms with van der Waals surface area (Å²) in [5.74, 6) is -0.505. The predicted octanol–water partition coefficient (Wildman–Crippen LogP) is 0.627. The molecule has 0 saturated carbocycles. The first-order valence-corrected chi connectivity index (χ1v) is 8.62. The van der Waals surface area contributed by atoms with Gasteiger partial charge >= 0.3 is 0 Å². The van der Waals surface area contributed by atoms with Gasteiger partial charge in [-0.05, 0) is 49.3 Å². The predicted molar refractivity (Wildman–Crippen MR) is 97.5 cm³/mol. The molecule has 2 saturated heterocycles. The number of amides is 1. The minimum absolute atomic E-state index is 0.0712. The van der Waals surface area contributed by atoms with Crippen LogP contribution in [0, 0.1) is 13.8 Å². The van der Waals surface area contributed by atoms with Crippen LogP contribution in [0.3, 0.4) is 0 Å². The van der Waals surface area contributed by atoms with E-state index in [1.165, 1.54) is 11.1 Å². The highest BCUT2D eigenvalue weighted by molar-refractivity contribution is 7.80. The van der Waals surface area contributed by atoms with Crippen molar-refractivity contribution in [2.75, 3.05) is 25.1 Å². The van der Waals surface area contributed by atoms with Gasteiger partial charge < -0.3 is 30.6 Å². The smallest absolute Gasteiger partial charge is 0.243 e. The van der Waals surface area contributed by atoms with Crippen LogP contribution in [0.15, 0.2) is 18.2 Å². The van der Waals surface area contributed by atoms with Crippen molar-refractivity contribution in [1.29, 1.82) is 0 Å². The summed E-state index contributed by atoms with van der Waals surface area (Å²) in [6, 6.07) is 6.11. The summed E-state index contributed by atoms with van der Waals surface area (Å²) in [5.41, 5.74) is 8.40. The fourth-order valence-electron chi connectivity index (χ4n) is 3.30. The first-order chi connectivity index (χ1) is 11.9. The maximum Gasteiger partial charge on any atom is 0.243 e. The second kappa shape index (κ2) is 7.65. The van der Waals surface area contributed by atoms with E-state index < -0.39 is 5.91 Å². The molecule has 0 spiro atoms. The number of primary amides is 1. The molecule has 0 unspecified atom stereocenters. The largest absolute Gasteiger partial charge is 0.370 e. The van der Waals surface area contributed by atoms with Gasteiger partial charge in [0.2, 0.25) is 5.91 Å². The maximum atomic E-state index is 10.9. The first kappa shape index (κ1) is 18.1. The zero-order chi connectivity index (χ0) is 18.0. The van der Waals surface area contributed by atoms with Crippen molar-refractivity contribution in [3.63, 3.8) is 0 Å². The van der Waals surface area contributed by atoms with E-state index in [1.807, 2.05) is 26.0 Å². The molecule has 0 aliphatic carbocycles. The summed E-state index contributed by atoms with van der Waals surface area (Å²) >= 11 is 5.41. The van der Waals surface area contributed by atoms with Gasteiger partial charge in [-0.15, -0.1) is 0 Å². The molecule has 4 atom stereocenters. The highest BCUT2D eigenvalue weighted by Crippen LogP contribution is 2.29. The van der Waals surface area contributed by atoms with E-state index in [-0.39, 0.29) is 31.0 Å². The Morgan fingerprint density at radius 2 is 1.92 bits per heavy atom. The van der Waals surface area contributed by atoms with Gasteiger partial charge in [-0.1, -0.05) is 6.07 Å². The minimum atomic E-state index is -0.505. The summed E-state index contributed by atoms with van der Waals surface area (Å²) in [4.78, 5) is 10.9. The van der Waals surface area contributed by atoms with E-state index in [0.29, 0.717) is 18.3 Å². The fraction of sp³-hybridized carbons (Fsp3) is 0.529. The molecule has 4 N–H and O–H groups in total. The Morgan fingerprint density at radius 3 is 2.60 bits per heavy atom. The number of nitrogens with two attached hydrogens (primary N) is 1. The van der Waals surface area contributed by atoms with Crippen LogP contribution in [0.1, 0.15) is 11.1 Å². The molecule has 0 aromatic heterocycles. The lowest BCUT2D eigenvalue weighted by atomic mass is 10.1. The average Bonchev–Trinajstić information content (AvgIpc) is 3.07. The molecule has 2 aliphatic rings. The van der Waals surface area contributed by atoms with E-state index >= 15 is 0 Å². The molecule has 0 bridgehead atoms. The summed E-state index contributed by atoms with van der Waals surface area (Å²) < 4.78 is 17.0. The summed E-state index contributed by atoms with van der Waals surface area (Å²) in [6.07, 6.45) is -0.678. The quantitative estimate of drug-likeness (QED) is 0.659. The number of thiocarbonyl (C=S) groups is 1. The molecule has 0 radical (unpaired) electrons. The van der Waals surface area contributed by atoms with Gasteiger partial charge in [0.05, 0.1) is 19.3 Å². The zero-order valence-electron chi connectivity index (χ0n) is 14.3. The van der Waals surface area contributed by atoms with Crippen LogP contribution in [-0.2, 0) is 19.0 Å². The average molecular weight is 365 g/mol. The van der Waals surface area contributed by atoms with Gasteiger partial charge in [-0.2, -0.15) is 0 Å². The lowest BCUT2D eigenvalue weighted by molar-refractivity contribution is -0.126. The van der Waals surface area contributed by atoms with E-state index in [9.17, 15) is 4.79 Å². The number of carbonyl (C=O) groups excluding carboxylic acids is 1. The number of hydrogen-bond donors (Lipinski definition) is 3. The van der Waals surface area contributed by atoms with Gasteiger partial charge in [0, 0.05) is 5.69 Å². The molecular weight excluding hydrogens is 342 g/mol. The Bertz CT molecular complexity index is 649. The zero-order valence-corrected chi connectivity index (χ0v) is 15.1. The third-order valence-corrected chi connectivity index (χ3v) is 4.46. The number of rotatable bonds is 5. The van der Waals surface area contributed by atoms with Gasteiger partial charge in [0.15, 0.2) is 5.11 Å². The van der Waals surface area contributed by atoms with Crippen LogP contribution in [0.4, 0.5) is 5.69 Å². The number of ether oxygens (including phenoxy) is 3. The second-order valence-electron chi connectivity index (χ2n) is 6.49. The van der Waals surface area contributed by atoms with E-state index in [1.54, 1.807) is 0 Å². The maximum absolute atomic E-state index is 10.9. The highest BCUT2D eigenvalue weighted by atomic mass is 32.1. The first-order valence-electron chi connectivity index (χ1n) is 8.21. The van der Waals surface area contributed by atoms with Gasteiger partial charge in [-0.3, -0.25) is 4.79 Å². The Morgan fingerprint density at radius 1 is 1.24 bits per heavy atom. The molecule has 8 heteroatoms. The molecule has 2 fully saturated rings. The van der Waals surface area contributed by atoms with E-state index in [0.717, 1.165) is 5.69 Å². The third kappa shape index (κ3) is 4.46. The van der Waals surface area contributed by atoms with Crippen LogP contribution < -0.4 is 16.4 Å². The molecular formula is C17H23N3O4S. The normalized spacial score (nSPS) is 27.8. The molecule has 1 amide bonds. The monoisotopic (exact) mass is 365 g/mol. The van der Waals surface area contributed by atoms with Crippen LogP contribution >= 0.6 is 12.2 Å². The summed E-state index contributed by atoms with van der Waals surface area (Å²) in [5, 5.41) is 6.96. The number of hydrogen-bond acceptors (Lipinski definition) is 5. The van der Waals surface area contributed by atoms with Crippen LogP contribution in [0.2, 0.25) is 0 Å². The van der Waals surface area contributed by atoms with Crippen LogP contribution in [0.25, 0.3) is 0 Å². The van der Waals surface area contributed by atoms with Crippen LogP contribution in [0.5, 0.6) is 0 Å². The number of nitrogens with one attached hydrogen (secondary N) is 2. The van der Waals surface area contributed by atoms with E-state index in [4.69, 9.17) is 32.2 Å². The van der Waals surface area contributed by atoms with Crippen molar-refractivity contribution in [2.24, 2.45) is 5.73 Å². The van der Waals surface area contributed by atoms with Crippen molar-refractivity contribution in [1.82, 2.24) is 5.32 Å². The Balaban J connectivity index is 1.54. The molecule has 136 valence electrons. The summed E-state index contributed by atoms with van der Waals surface area (Å²) in [6.45, 7) is 4.79. The van der Waals surface area contributed by atoms with Crippen molar-refractivity contribution >= 4 is 28.9 Å². The Labute approximate surface area is 152 Å². The Hall–Kier alpha value is -1.74. The fourth-order valence-corrected chi connectivity index (χ4v) is 3.57. The standard InChI is InChI=1S/C17H23N3O4S/c1-9-3-10(2)5-11(4-9)19-17(25)20-12-6-23-16-13(7-24-15(12)16)22-8-14(18)21/h3-5,12-13,15-16H,6-8H2,1-2H3,(H2,18,21)(H2,19,20,25)/t12-,13-,15-,16+/m1/s1. The molecule has 25 heavy (non-hydrogen) atoms. The van der Waals surface area contributed by atoms with Crippen LogP contribution in [-0.4, -0.2) is 55.2 Å². The van der Waals surface area contributed by atoms with Gasteiger partial charge in [-0.25, -0.2) is 0 Å². The van der Waals surface area contributed by atoms with Crippen molar-refractivity contribution < 1.29 is 19.0 Å². The molecule has 1 aromatic carbocycles.